The molecular weight excluding hydrogens is 598 g/mol. The molecule has 0 saturated heterocycles. The van der Waals surface area contributed by atoms with E-state index in [9.17, 15) is 0 Å². The number of hydrogen-bond acceptors (Lipinski definition) is 2. The van der Waals surface area contributed by atoms with Gasteiger partial charge in [0.15, 0.2) is 0 Å². The second-order valence-corrected chi connectivity index (χ2v) is 14.2. The van der Waals surface area contributed by atoms with Crippen molar-refractivity contribution in [3.63, 3.8) is 0 Å². The number of rotatable bonds is 8. The van der Waals surface area contributed by atoms with E-state index in [4.69, 9.17) is 30.8 Å². The first-order valence-corrected chi connectivity index (χ1v) is 18.4. The fourth-order valence-electron chi connectivity index (χ4n) is 3.36. The Bertz CT molecular complexity index is 866. The molecule has 0 bridgehead atoms. The summed E-state index contributed by atoms with van der Waals surface area (Å²) in [7, 11) is 9.04. The van der Waals surface area contributed by atoms with E-state index in [1.165, 1.54) is 21.2 Å². The van der Waals surface area contributed by atoms with Gasteiger partial charge in [-0.1, -0.05) is 137 Å². The summed E-state index contributed by atoms with van der Waals surface area (Å²) >= 11 is -0.346. The van der Waals surface area contributed by atoms with Crippen LogP contribution in [0.3, 0.4) is 0 Å². The maximum absolute atomic E-state index is 5.60. The standard InChI is InChI=1S/2C14H15NP.2ClH.Ru/c2*15-11-12-16(13-7-3-1-4-8-13)14-9-5-2-6-10-14;;;/h2*1-11H,12,15H2;2*1H;/q2*-1;;;+4/p-2. The van der Waals surface area contributed by atoms with Gasteiger partial charge in [-0.3, -0.25) is 13.1 Å². The molecule has 0 heterocycles. The second-order valence-electron chi connectivity index (χ2n) is 7.09. The van der Waals surface area contributed by atoms with Crippen LogP contribution < -0.4 is 32.7 Å². The molecule has 0 radical (unpaired) electrons. The van der Waals surface area contributed by atoms with Crippen LogP contribution in [0.2, 0.25) is 0 Å². The Morgan fingerprint density at radius 3 is 0.857 bits per heavy atom. The average molecular weight is 628 g/mol. The van der Waals surface area contributed by atoms with Crippen LogP contribution in [0.5, 0.6) is 0 Å². The SMILES string of the molecule is N[CH-]CP(c1ccccc1)c1ccccc1.N[CH-]CP(c1ccccc1)c1ccccc1.[Cl][Ru+2][Cl]. The van der Waals surface area contributed by atoms with Gasteiger partial charge in [0.1, 0.15) is 0 Å². The van der Waals surface area contributed by atoms with E-state index in [1.807, 2.05) is 24.3 Å². The third kappa shape index (κ3) is 11.2. The molecule has 0 saturated carbocycles. The van der Waals surface area contributed by atoms with Gasteiger partial charge in [0.05, 0.1) is 0 Å². The van der Waals surface area contributed by atoms with E-state index in [1.54, 1.807) is 13.1 Å². The molecule has 184 valence electrons. The van der Waals surface area contributed by atoms with Crippen molar-refractivity contribution in [1.82, 2.24) is 0 Å². The number of halogens is 2. The minimum absolute atomic E-state index is 0.332. The van der Waals surface area contributed by atoms with Crippen molar-refractivity contribution < 1.29 is 15.1 Å². The van der Waals surface area contributed by atoms with Gasteiger partial charge in [-0.25, -0.2) is 0 Å². The molecule has 4 N–H and O–H groups in total. The number of benzene rings is 4. The van der Waals surface area contributed by atoms with Crippen LogP contribution in [0.4, 0.5) is 0 Å². The predicted molar refractivity (Wildman–Crippen MR) is 157 cm³/mol. The van der Waals surface area contributed by atoms with Crippen LogP contribution in [0.1, 0.15) is 0 Å². The van der Waals surface area contributed by atoms with Gasteiger partial charge in [0.2, 0.25) is 0 Å². The number of nitrogens with two attached hydrogens (primary N) is 2. The van der Waals surface area contributed by atoms with E-state index in [2.05, 4.69) is 97.1 Å². The van der Waals surface area contributed by atoms with Crippen molar-refractivity contribution in [2.45, 2.75) is 0 Å². The van der Waals surface area contributed by atoms with Crippen molar-refractivity contribution in [2.24, 2.45) is 11.5 Å². The van der Waals surface area contributed by atoms with Crippen molar-refractivity contribution >= 4 is 56.4 Å². The molecule has 0 spiro atoms. The van der Waals surface area contributed by atoms with Gasteiger partial charge in [-0.15, -0.1) is 12.3 Å². The van der Waals surface area contributed by atoms with E-state index < -0.39 is 0 Å². The molecule has 0 unspecified atom stereocenters. The summed E-state index contributed by atoms with van der Waals surface area (Å²) < 4.78 is 0. The van der Waals surface area contributed by atoms with Gasteiger partial charge >= 0.3 is 34.5 Å². The van der Waals surface area contributed by atoms with Crippen LogP contribution in [-0.2, 0) is 15.1 Å². The Balaban J connectivity index is 0.000000222. The van der Waals surface area contributed by atoms with E-state index in [-0.39, 0.29) is 31.0 Å². The summed E-state index contributed by atoms with van der Waals surface area (Å²) in [6.07, 6.45) is 1.87. The first-order chi connectivity index (χ1) is 17.2. The summed E-state index contributed by atoms with van der Waals surface area (Å²) in [5.74, 6) is 0. The molecule has 0 aliphatic carbocycles. The zero-order chi connectivity index (χ0) is 25.1. The monoisotopic (exact) mass is 628 g/mol. The van der Waals surface area contributed by atoms with Crippen molar-refractivity contribution in [2.75, 3.05) is 12.3 Å². The summed E-state index contributed by atoms with van der Waals surface area (Å²) in [5, 5.41) is 5.52. The average Bonchev–Trinajstić information content (AvgIpc) is 2.93. The fourth-order valence-corrected chi connectivity index (χ4v) is 7.35. The second kappa shape index (κ2) is 19.0. The third-order valence-corrected chi connectivity index (χ3v) is 9.69. The van der Waals surface area contributed by atoms with Gasteiger partial charge in [-0.05, 0) is 21.2 Å². The minimum atomic E-state index is -0.346. The summed E-state index contributed by atoms with van der Waals surface area (Å²) in [5.41, 5.74) is 11.2. The molecule has 2 nitrogen and oxygen atoms in total. The normalized spacial score (nSPS) is 10.2. The fraction of sp³-hybridized carbons (Fsp3) is 0.0714. The summed E-state index contributed by atoms with van der Waals surface area (Å²) in [6.45, 7) is 3.54. The van der Waals surface area contributed by atoms with Crippen LogP contribution in [0.25, 0.3) is 0 Å². The molecule has 7 heteroatoms. The Labute approximate surface area is 228 Å². The Morgan fingerprint density at radius 1 is 0.486 bits per heavy atom. The van der Waals surface area contributed by atoms with Gasteiger partial charge in [0, 0.05) is 0 Å². The Morgan fingerprint density at radius 2 is 0.686 bits per heavy atom. The van der Waals surface area contributed by atoms with Gasteiger partial charge < -0.3 is 11.5 Å². The summed E-state index contributed by atoms with van der Waals surface area (Å²) in [4.78, 5) is 0. The molecule has 0 aliphatic heterocycles. The molecule has 0 fully saturated rings. The molecule has 4 aromatic carbocycles. The van der Waals surface area contributed by atoms with Crippen LogP contribution >= 0.6 is 35.2 Å². The van der Waals surface area contributed by atoms with Gasteiger partial charge in [-0.2, -0.15) is 0 Å². The van der Waals surface area contributed by atoms with Crippen molar-refractivity contribution in [1.29, 1.82) is 0 Å². The molecule has 35 heavy (non-hydrogen) atoms. The first-order valence-electron chi connectivity index (χ1n) is 10.9. The molecule has 0 atom stereocenters. The van der Waals surface area contributed by atoms with Crippen LogP contribution in [0, 0.1) is 13.1 Å². The topological polar surface area (TPSA) is 52.0 Å². The maximum atomic E-state index is 5.60. The zero-order valence-corrected chi connectivity index (χ0v) is 24.3. The van der Waals surface area contributed by atoms with E-state index in [0.29, 0.717) is 0 Å². The first kappa shape index (κ1) is 30.1. The molecule has 0 amide bonds. The summed E-state index contributed by atoms with van der Waals surface area (Å²) in [6, 6.07) is 42.4. The molecule has 4 aromatic rings. The van der Waals surface area contributed by atoms with E-state index >= 15 is 0 Å². The van der Waals surface area contributed by atoms with E-state index in [0.717, 1.165) is 12.3 Å². The Hall–Kier alpha value is -1.14. The van der Waals surface area contributed by atoms with Gasteiger partial charge in [0.25, 0.3) is 0 Å². The third-order valence-electron chi connectivity index (χ3n) is 4.85. The molecule has 0 aromatic heterocycles. The Kier molecular flexibility index (Phi) is 16.4. The van der Waals surface area contributed by atoms with Crippen LogP contribution in [0.15, 0.2) is 121 Å². The molecular formula is C28H30Cl2N2P2Ru. The molecule has 4 rings (SSSR count). The van der Waals surface area contributed by atoms with Crippen LogP contribution in [-0.4, -0.2) is 12.3 Å². The number of hydrogen-bond donors (Lipinski definition) is 2. The predicted octanol–water partition coefficient (Wildman–Crippen LogP) is 5.86. The zero-order valence-electron chi connectivity index (χ0n) is 19.3. The quantitative estimate of drug-likeness (QED) is 0.146. The van der Waals surface area contributed by atoms with Crippen molar-refractivity contribution in [3.05, 3.63) is 134 Å². The van der Waals surface area contributed by atoms with Crippen molar-refractivity contribution in [3.8, 4) is 0 Å². The molecule has 0 aliphatic rings.